The Labute approximate surface area is 155 Å². The molecule has 3 rings (SSSR count). The first kappa shape index (κ1) is 18.3. The number of anilines is 1. The van der Waals surface area contributed by atoms with Crippen LogP contribution in [0.1, 0.15) is 33.2 Å². The van der Waals surface area contributed by atoms with Gasteiger partial charge in [0.15, 0.2) is 6.10 Å². The Kier molecular flexibility index (Phi) is 5.03. The molecule has 0 aromatic heterocycles. The largest absolute Gasteiger partial charge is 0.451 e. The number of aryl methyl sites for hydroxylation is 1. The van der Waals surface area contributed by atoms with Crippen LogP contribution in [0.5, 0.6) is 0 Å². The van der Waals surface area contributed by atoms with Gasteiger partial charge in [-0.3, -0.25) is 24.1 Å². The van der Waals surface area contributed by atoms with Gasteiger partial charge in [-0.05, 0) is 38.1 Å². The van der Waals surface area contributed by atoms with Crippen molar-refractivity contribution in [1.82, 2.24) is 4.90 Å². The molecule has 2 aromatic rings. The molecule has 1 aliphatic heterocycles. The van der Waals surface area contributed by atoms with Gasteiger partial charge < -0.3 is 10.1 Å². The number of nitrogens with one attached hydrogen (secondary N) is 1. The van der Waals surface area contributed by atoms with Crippen molar-refractivity contribution in [3.05, 3.63) is 65.2 Å². The van der Waals surface area contributed by atoms with Crippen molar-refractivity contribution in [2.75, 3.05) is 11.9 Å². The summed E-state index contributed by atoms with van der Waals surface area (Å²) in [5, 5.41) is 2.64. The molecule has 1 unspecified atom stereocenters. The number of fused-ring (bicyclic) bond motifs is 1. The predicted octanol–water partition coefficient (Wildman–Crippen LogP) is 2.16. The minimum Gasteiger partial charge on any atom is -0.451 e. The minimum atomic E-state index is -1.08. The third kappa shape index (κ3) is 3.87. The Hall–Kier alpha value is -3.48. The highest BCUT2D eigenvalue weighted by Crippen LogP contribution is 2.22. The summed E-state index contributed by atoms with van der Waals surface area (Å²) in [4.78, 5) is 49.6. The molecule has 7 nitrogen and oxygen atoms in total. The molecule has 7 heteroatoms. The molecule has 0 fully saturated rings. The standard InChI is InChI=1S/C20H18N2O5/c1-12-7-9-14(10-8-12)21-18(24)13(2)27-17(23)11-22-19(25)15-5-3-4-6-16(15)20(22)26/h3-10,13H,11H2,1-2H3,(H,21,24). The van der Waals surface area contributed by atoms with E-state index in [1.165, 1.54) is 19.1 Å². The molecule has 0 saturated heterocycles. The van der Waals surface area contributed by atoms with Gasteiger partial charge in [0, 0.05) is 5.69 Å². The van der Waals surface area contributed by atoms with E-state index in [1.807, 2.05) is 19.1 Å². The Morgan fingerprint density at radius 3 is 2.11 bits per heavy atom. The van der Waals surface area contributed by atoms with Crippen molar-refractivity contribution in [3.63, 3.8) is 0 Å². The molecule has 138 valence electrons. The van der Waals surface area contributed by atoms with Crippen molar-refractivity contribution in [3.8, 4) is 0 Å². The highest BCUT2D eigenvalue weighted by atomic mass is 16.5. The number of hydrogen-bond donors (Lipinski definition) is 1. The molecule has 1 aliphatic rings. The van der Waals surface area contributed by atoms with Crippen molar-refractivity contribution >= 4 is 29.4 Å². The first-order chi connectivity index (χ1) is 12.9. The fourth-order valence-corrected chi connectivity index (χ4v) is 2.68. The van der Waals surface area contributed by atoms with Crippen LogP contribution >= 0.6 is 0 Å². The lowest BCUT2D eigenvalue weighted by Gasteiger charge is -2.16. The van der Waals surface area contributed by atoms with Crippen LogP contribution in [-0.2, 0) is 14.3 Å². The normalized spacial score (nSPS) is 13.9. The number of imide groups is 1. The minimum absolute atomic E-state index is 0.250. The molecule has 1 atom stereocenters. The summed E-state index contributed by atoms with van der Waals surface area (Å²) in [7, 11) is 0. The van der Waals surface area contributed by atoms with E-state index in [0.717, 1.165) is 10.5 Å². The van der Waals surface area contributed by atoms with E-state index in [2.05, 4.69) is 5.32 Å². The lowest BCUT2D eigenvalue weighted by molar-refractivity contribution is -0.153. The zero-order chi connectivity index (χ0) is 19.6. The first-order valence-corrected chi connectivity index (χ1v) is 8.39. The fourth-order valence-electron chi connectivity index (χ4n) is 2.68. The van der Waals surface area contributed by atoms with Gasteiger partial charge in [0.05, 0.1) is 11.1 Å². The average molecular weight is 366 g/mol. The second-order valence-electron chi connectivity index (χ2n) is 6.23. The van der Waals surface area contributed by atoms with Crippen molar-refractivity contribution in [2.45, 2.75) is 20.0 Å². The molecule has 1 heterocycles. The van der Waals surface area contributed by atoms with E-state index in [1.54, 1.807) is 24.3 Å². The summed E-state index contributed by atoms with van der Waals surface area (Å²) in [6, 6.07) is 13.5. The summed E-state index contributed by atoms with van der Waals surface area (Å²) in [5.41, 5.74) is 2.13. The molecule has 0 spiro atoms. The fraction of sp³-hybridized carbons (Fsp3) is 0.200. The predicted molar refractivity (Wildman–Crippen MR) is 97.2 cm³/mol. The van der Waals surface area contributed by atoms with Gasteiger partial charge in [-0.2, -0.15) is 0 Å². The van der Waals surface area contributed by atoms with Crippen LogP contribution in [0, 0.1) is 6.92 Å². The van der Waals surface area contributed by atoms with Crippen molar-refractivity contribution in [2.24, 2.45) is 0 Å². The first-order valence-electron chi connectivity index (χ1n) is 8.39. The Bertz CT molecular complexity index is 885. The van der Waals surface area contributed by atoms with Crippen LogP contribution in [0.15, 0.2) is 48.5 Å². The van der Waals surface area contributed by atoms with E-state index in [4.69, 9.17) is 4.74 Å². The summed E-state index contributed by atoms with van der Waals surface area (Å²) in [6.07, 6.45) is -1.08. The monoisotopic (exact) mass is 366 g/mol. The average Bonchev–Trinajstić information content (AvgIpc) is 2.89. The lowest BCUT2D eigenvalue weighted by atomic mass is 10.1. The highest BCUT2D eigenvalue weighted by Gasteiger charge is 2.37. The van der Waals surface area contributed by atoms with Crippen molar-refractivity contribution < 1.29 is 23.9 Å². The number of benzene rings is 2. The van der Waals surface area contributed by atoms with Gasteiger partial charge in [-0.25, -0.2) is 0 Å². The summed E-state index contributed by atoms with van der Waals surface area (Å²) in [5.74, 6) is -2.45. The quantitative estimate of drug-likeness (QED) is 0.647. The molecule has 1 N–H and O–H groups in total. The molecular weight excluding hydrogens is 348 g/mol. The molecule has 0 radical (unpaired) electrons. The zero-order valence-corrected chi connectivity index (χ0v) is 14.9. The van der Waals surface area contributed by atoms with Crippen LogP contribution < -0.4 is 5.32 Å². The number of esters is 1. The summed E-state index contributed by atoms with van der Waals surface area (Å²) in [6.45, 7) is 2.80. The van der Waals surface area contributed by atoms with Crippen LogP contribution in [-0.4, -0.2) is 41.2 Å². The van der Waals surface area contributed by atoms with Crippen LogP contribution in [0.3, 0.4) is 0 Å². The molecule has 27 heavy (non-hydrogen) atoms. The van der Waals surface area contributed by atoms with Gasteiger partial charge in [-0.1, -0.05) is 29.8 Å². The Balaban J connectivity index is 1.57. The van der Waals surface area contributed by atoms with E-state index in [9.17, 15) is 19.2 Å². The zero-order valence-electron chi connectivity index (χ0n) is 14.9. The van der Waals surface area contributed by atoms with Crippen LogP contribution in [0.2, 0.25) is 0 Å². The van der Waals surface area contributed by atoms with Gasteiger partial charge >= 0.3 is 5.97 Å². The highest BCUT2D eigenvalue weighted by molar-refractivity contribution is 6.22. The smallest absolute Gasteiger partial charge is 0.326 e. The number of amides is 3. The SMILES string of the molecule is Cc1ccc(NC(=O)C(C)OC(=O)CN2C(=O)c3ccccc3C2=O)cc1. The van der Waals surface area contributed by atoms with Crippen LogP contribution in [0.4, 0.5) is 5.69 Å². The van der Waals surface area contributed by atoms with Crippen molar-refractivity contribution in [1.29, 1.82) is 0 Å². The van der Waals surface area contributed by atoms with Gasteiger partial charge in [0.2, 0.25) is 0 Å². The molecule has 0 saturated carbocycles. The molecule has 3 amide bonds. The van der Waals surface area contributed by atoms with Gasteiger partial charge in [-0.15, -0.1) is 0 Å². The van der Waals surface area contributed by atoms with E-state index in [-0.39, 0.29) is 11.1 Å². The number of carbonyl (C=O) groups excluding carboxylic acids is 4. The van der Waals surface area contributed by atoms with E-state index < -0.39 is 36.3 Å². The Morgan fingerprint density at radius 1 is 1.00 bits per heavy atom. The maximum atomic E-state index is 12.2. The van der Waals surface area contributed by atoms with E-state index in [0.29, 0.717) is 5.69 Å². The third-order valence-corrected chi connectivity index (χ3v) is 4.16. The second-order valence-corrected chi connectivity index (χ2v) is 6.23. The molecular formula is C20H18N2O5. The van der Waals surface area contributed by atoms with E-state index >= 15 is 0 Å². The maximum Gasteiger partial charge on any atom is 0.326 e. The number of nitrogens with zero attached hydrogens (tertiary/aromatic N) is 1. The van der Waals surface area contributed by atoms with Crippen LogP contribution in [0.25, 0.3) is 0 Å². The Morgan fingerprint density at radius 2 is 1.56 bits per heavy atom. The molecule has 0 aliphatic carbocycles. The number of ether oxygens (including phenoxy) is 1. The number of carbonyl (C=O) groups is 4. The molecule has 0 bridgehead atoms. The number of hydrogen-bond acceptors (Lipinski definition) is 5. The summed E-state index contributed by atoms with van der Waals surface area (Å²) < 4.78 is 5.07. The second kappa shape index (κ2) is 7.41. The third-order valence-electron chi connectivity index (χ3n) is 4.16. The van der Waals surface area contributed by atoms with Gasteiger partial charge in [0.1, 0.15) is 6.54 Å². The van der Waals surface area contributed by atoms with Gasteiger partial charge in [0.25, 0.3) is 17.7 Å². The lowest BCUT2D eigenvalue weighted by Crippen LogP contribution is -2.38. The maximum absolute atomic E-state index is 12.2. The topological polar surface area (TPSA) is 92.8 Å². The molecule has 2 aromatic carbocycles. The summed E-state index contributed by atoms with van der Waals surface area (Å²) >= 11 is 0. The number of rotatable bonds is 5.